The van der Waals surface area contributed by atoms with Crippen LogP contribution in [0.2, 0.25) is 0 Å². The van der Waals surface area contributed by atoms with Crippen LogP contribution in [0, 0.1) is 0 Å². The first-order valence-corrected chi connectivity index (χ1v) is 8.09. The molecule has 0 heterocycles. The number of nitrogens with one attached hydrogen (secondary N) is 1. The number of ether oxygens (including phenoxy) is 1. The Morgan fingerprint density at radius 2 is 2.15 bits per heavy atom. The first kappa shape index (κ1) is 16.8. The molecule has 110 valence electrons. The summed E-state index contributed by atoms with van der Waals surface area (Å²) in [5.41, 5.74) is 0.627. The Labute approximate surface area is 128 Å². The van der Waals surface area contributed by atoms with Crippen LogP contribution in [0.1, 0.15) is 13.3 Å². The second kappa shape index (κ2) is 8.16. The number of benzene rings is 1. The number of anilines is 1. The van der Waals surface area contributed by atoms with E-state index in [1.807, 2.05) is 6.07 Å². The number of hydrogen-bond donors (Lipinski definition) is 1. The van der Waals surface area contributed by atoms with Gasteiger partial charge in [-0.15, -0.1) is 0 Å². The Morgan fingerprint density at radius 1 is 1.45 bits per heavy atom. The van der Waals surface area contributed by atoms with Crippen molar-refractivity contribution in [3.63, 3.8) is 0 Å². The molecule has 2 atom stereocenters. The van der Waals surface area contributed by atoms with E-state index in [1.54, 1.807) is 25.1 Å². The van der Waals surface area contributed by atoms with Gasteiger partial charge < -0.3 is 10.1 Å². The summed E-state index contributed by atoms with van der Waals surface area (Å²) in [5.74, 6) is -0.929. The van der Waals surface area contributed by atoms with Gasteiger partial charge in [0.25, 0.3) is 0 Å². The SMILES string of the molecule is COC(=O)CC(C)S(=O)CC(=O)Nc1cccc(Br)c1. The Morgan fingerprint density at radius 3 is 2.75 bits per heavy atom. The molecular weight excluding hydrogens is 346 g/mol. The quantitative estimate of drug-likeness (QED) is 0.787. The standard InChI is InChI=1S/C13H16BrNO4S/c1-9(6-13(17)19-2)20(18)8-12(16)15-11-5-3-4-10(14)7-11/h3-5,7,9H,6,8H2,1-2H3,(H,15,16). The van der Waals surface area contributed by atoms with Crippen LogP contribution in [0.15, 0.2) is 28.7 Å². The number of carbonyl (C=O) groups excluding carboxylic acids is 2. The van der Waals surface area contributed by atoms with Crippen LogP contribution >= 0.6 is 15.9 Å². The van der Waals surface area contributed by atoms with Crippen LogP contribution in [0.3, 0.4) is 0 Å². The van der Waals surface area contributed by atoms with Crippen molar-refractivity contribution in [1.82, 2.24) is 0 Å². The minimum Gasteiger partial charge on any atom is -0.469 e. The molecule has 20 heavy (non-hydrogen) atoms. The Balaban J connectivity index is 2.49. The highest BCUT2D eigenvalue weighted by Gasteiger charge is 2.18. The minimum absolute atomic E-state index is 0.0350. The van der Waals surface area contributed by atoms with E-state index < -0.39 is 22.0 Å². The van der Waals surface area contributed by atoms with Gasteiger partial charge in [0.2, 0.25) is 5.91 Å². The predicted octanol–water partition coefficient (Wildman–Crippen LogP) is 2.09. The van der Waals surface area contributed by atoms with Gasteiger partial charge in [-0.1, -0.05) is 28.9 Å². The molecule has 0 saturated heterocycles. The first-order chi connectivity index (χ1) is 9.42. The number of rotatable bonds is 6. The van der Waals surface area contributed by atoms with Gasteiger partial charge in [0.05, 0.1) is 13.5 Å². The van der Waals surface area contributed by atoms with Crippen molar-refractivity contribution in [3.05, 3.63) is 28.7 Å². The van der Waals surface area contributed by atoms with Crippen molar-refractivity contribution in [3.8, 4) is 0 Å². The average Bonchev–Trinajstić information content (AvgIpc) is 2.38. The monoisotopic (exact) mass is 361 g/mol. The fourth-order valence-corrected chi connectivity index (χ4v) is 2.78. The molecule has 0 aliphatic heterocycles. The summed E-state index contributed by atoms with van der Waals surface area (Å²) in [4.78, 5) is 22.8. The molecule has 1 aromatic rings. The lowest BCUT2D eigenvalue weighted by atomic mass is 10.3. The summed E-state index contributed by atoms with van der Waals surface area (Å²) < 4.78 is 17.2. The fourth-order valence-electron chi connectivity index (χ4n) is 1.45. The van der Waals surface area contributed by atoms with Crippen LogP contribution in [0.4, 0.5) is 5.69 Å². The van der Waals surface area contributed by atoms with Crippen molar-refractivity contribution < 1.29 is 18.5 Å². The van der Waals surface area contributed by atoms with Gasteiger partial charge in [-0.25, -0.2) is 0 Å². The molecular formula is C13H16BrNO4S. The highest BCUT2D eigenvalue weighted by Crippen LogP contribution is 2.15. The van der Waals surface area contributed by atoms with Gasteiger partial charge >= 0.3 is 5.97 Å². The highest BCUT2D eigenvalue weighted by atomic mass is 79.9. The number of esters is 1. The summed E-state index contributed by atoms with van der Waals surface area (Å²) in [6.07, 6.45) is 0.0350. The molecule has 0 fully saturated rings. The van der Waals surface area contributed by atoms with Gasteiger partial charge in [-0.2, -0.15) is 0 Å². The van der Waals surface area contributed by atoms with Crippen LogP contribution in [-0.4, -0.2) is 34.2 Å². The highest BCUT2D eigenvalue weighted by molar-refractivity contribution is 9.10. The molecule has 0 bridgehead atoms. The van der Waals surface area contributed by atoms with E-state index in [0.29, 0.717) is 5.69 Å². The second-order valence-electron chi connectivity index (χ2n) is 4.17. The number of carbonyl (C=O) groups is 2. The van der Waals surface area contributed by atoms with E-state index in [1.165, 1.54) is 7.11 Å². The normalized spacial score (nSPS) is 13.3. The largest absolute Gasteiger partial charge is 0.469 e. The zero-order chi connectivity index (χ0) is 15.1. The molecule has 5 nitrogen and oxygen atoms in total. The molecule has 0 aliphatic carbocycles. The number of hydrogen-bond acceptors (Lipinski definition) is 4. The molecule has 1 aromatic carbocycles. The van der Waals surface area contributed by atoms with Crippen molar-refractivity contribution in [2.24, 2.45) is 0 Å². The average molecular weight is 362 g/mol. The summed E-state index contributed by atoms with van der Waals surface area (Å²) in [6, 6.07) is 7.12. The molecule has 1 N–H and O–H groups in total. The second-order valence-corrected chi connectivity index (χ2v) is 6.95. The third-order valence-corrected chi connectivity index (χ3v) is 4.62. The third-order valence-electron chi connectivity index (χ3n) is 2.51. The molecule has 1 rings (SSSR count). The lowest BCUT2D eigenvalue weighted by Gasteiger charge is -2.10. The van der Waals surface area contributed by atoms with Crippen LogP contribution in [0.25, 0.3) is 0 Å². The van der Waals surface area contributed by atoms with Gasteiger partial charge in [0.1, 0.15) is 5.75 Å². The zero-order valence-corrected chi connectivity index (χ0v) is 13.6. The maximum absolute atomic E-state index is 11.9. The van der Waals surface area contributed by atoms with E-state index in [0.717, 1.165) is 4.47 Å². The fraction of sp³-hybridized carbons (Fsp3) is 0.385. The maximum atomic E-state index is 11.9. The topological polar surface area (TPSA) is 72.5 Å². The van der Waals surface area contributed by atoms with E-state index in [-0.39, 0.29) is 18.1 Å². The van der Waals surface area contributed by atoms with Gasteiger partial charge in [0, 0.05) is 26.2 Å². The lowest BCUT2D eigenvalue weighted by Crippen LogP contribution is -2.26. The Bertz CT molecular complexity index is 521. The molecule has 2 unspecified atom stereocenters. The lowest BCUT2D eigenvalue weighted by molar-refractivity contribution is -0.140. The van der Waals surface area contributed by atoms with Crippen molar-refractivity contribution in [2.75, 3.05) is 18.2 Å². The van der Waals surface area contributed by atoms with Gasteiger partial charge in [-0.05, 0) is 18.2 Å². The zero-order valence-electron chi connectivity index (χ0n) is 11.2. The molecule has 0 radical (unpaired) electrons. The van der Waals surface area contributed by atoms with Crippen molar-refractivity contribution in [2.45, 2.75) is 18.6 Å². The molecule has 0 aromatic heterocycles. The maximum Gasteiger partial charge on any atom is 0.306 e. The third kappa shape index (κ3) is 5.83. The molecule has 0 saturated carbocycles. The van der Waals surface area contributed by atoms with Crippen molar-refractivity contribution in [1.29, 1.82) is 0 Å². The summed E-state index contributed by atoms with van der Waals surface area (Å²) in [7, 11) is -0.145. The molecule has 0 spiro atoms. The van der Waals surface area contributed by atoms with E-state index in [4.69, 9.17) is 0 Å². The Kier molecular flexibility index (Phi) is 6.87. The predicted molar refractivity (Wildman–Crippen MR) is 81.9 cm³/mol. The number of methoxy groups -OCH3 is 1. The van der Waals surface area contributed by atoms with Gasteiger partial charge in [0.15, 0.2) is 0 Å². The van der Waals surface area contributed by atoms with Crippen LogP contribution in [0.5, 0.6) is 0 Å². The molecule has 0 aliphatic rings. The van der Waals surface area contributed by atoms with Gasteiger partial charge in [-0.3, -0.25) is 13.8 Å². The van der Waals surface area contributed by atoms with Crippen LogP contribution in [-0.2, 0) is 25.1 Å². The van der Waals surface area contributed by atoms with Crippen LogP contribution < -0.4 is 5.32 Å². The van der Waals surface area contributed by atoms with E-state index in [9.17, 15) is 13.8 Å². The number of halogens is 1. The molecule has 7 heteroatoms. The van der Waals surface area contributed by atoms with Crippen molar-refractivity contribution >= 4 is 44.3 Å². The summed E-state index contributed by atoms with van der Waals surface area (Å²) in [6.45, 7) is 1.65. The van der Waals surface area contributed by atoms with E-state index in [2.05, 4.69) is 26.0 Å². The number of amides is 1. The summed E-state index contributed by atoms with van der Waals surface area (Å²) in [5, 5.41) is 2.24. The minimum atomic E-state index is -1.42. The van der Waals surface area contributed by atoms with E-state index >= 15 is 0 Å². The molecule has 1 amide bonds. The Hall–Kier alpha value is -1.21. The smallest absolute Gasteiger partial charge is 0.306 e. The summed E-state index contributed by atoms with van der Waals surface area (Å²) >= 11 is 3.30. The first-order valence-electron chi connectivity index (χ1n) is 5.91.